The van der Waals surface area contributed by atoms with Crippen molar-refractivity contribution in [3.63, 3.8) is 0 Å². The largest absolute Gasteiger partial charge is 0.642 e. The number of hydrogen-bond donors (Lipinski definition) is 0. The molecule has 0 spiro atoms. The lowest BCUT2D eigenvalue weighted by atomic mass is 10.2. The molecule has 0 radical (unpaired) electrons. The highest BCUT2D eigenvalue weighted by atomic mass is 35.5. The first-order valence-corrected chi connectivity index (χ1v) is 15.9. The molecule has 43 heavy (non-hydrogen) atoms. The van der Waals surface area contributed by atoms with Crippen LogP contribution in [0.1, 0.15) is 56.7 Å². The van der Waals surface area contributed by atoms with Crippen molar-refractivity contribution in [1.29, 1.82) is 0 Å². The fourth-order valence-electron chi connectivity index (χ4n) is 4.05. The fraction of sp³-hybridized carbons (Fsp3) is 0.455. The molecule has 0 aliphatic heterocycles. The number of hydrogen-bond acceptors (Lipinski definition) is 6. The second-order valence-corrected chi connectivity index (χ2v) is 11.9. The predicted molar refractivity (Wildman–Crippen MR) is 174 cm³/mol. The molecule has 3 aromatic carbocycles. The summed E-state index contributed by atoms with van der Waals surface area (Å²) < 4.78 is 35.6. The summed E-state index contributed by atoms with van der Waals surface area (Å²) in [5.41, 5.74) is 0.903. The molecule has 0 aromatic heterocycles. The molecule has 6 nitrogen and oxygen atoms in total. The highest BCUT2D eigenvalue weighted by Crippen LogP contribution is 2.21. The van der Waals surface area contributed by atoms with Crippen molar-refractivity contribution in [2.24, 2.45) is 0 Å². The van der Waals surface area contributed by atoms with Crippen LogP contribution in [-0.4, -0.2) is 42.3 Å². The summed E-state index contributed by atoms with van der Waals surface area (Å²) >= 11 is 19.7. The smallest absolute Gasteiger partial charge is 0.374 e. The zero-order valence-electron chi connectivity index (χ0n) is 25.0. The van der Waals surface area contributed by atoms with Gasteiger partial charge < -0.3 is 28.2 Å². The maximum atomic E-state index is 6.57. The molecular weight excluding hydrogens is 610 g/mol. The van der Waals surface area contributed by atoms with Gasteiger partial charge in [0.15, 0.2) is 0 Å². The molecule has 6 atom stereocenters. The van der Waals surface area contributed by atoms with Crippen molar-refractivity contribution in [3.8, 4) is 0 Å². The molecule has 3 aromatic rings. The second kappa shape index (κ2) is 20.4. The maximum absolute atomic E-state index is 6.57. The Hall–Kier alpha value is -1.65. The molecule has 234 valence electrons. The van der Waals surface area contributed by atoms with E-state index in [-0.39, 0.29) is 18.3 Å². The molecule has 10 heteroatoms. The Morgan fingerprint density at radius 3 is 0.977 bits per heavy atom. The zero-order valence-corrected chi connectivity index (χ0v) is 27.3. The van der Waals surface area contributed by atoms with E-state index in [4.69, 9.17) is 63.0 Å². The third-order valence-electron chi connectivity index (χ3n) is 6.46. The van der Waals surface area contributed by atoms with Crippen LogP contribution in [0.5, 0.6) is 0 Å². The van der Waals surface area contributed by atoms with Crippen molar-refractivity contribution < 1.29 is 28.2 Å². The molecule has 0 bridgehead atoms. The summed E-state index contributed by atoms with van der Waals surface area (Å²) in [5, 5.41) is 0. The van der Waals surface area contributed by atoms with Gasteiger partial charge in [-0.05, 0) is 37.5 Å². The first kappa shape index (κ1) is 35.8. The normalized spacial score (nSPS) is 15.8. The molecule has 0 aliphatic rings. The lowest BCUT2D eigenvalue weighted by Gasteiger charge is -2.25. The average Bonchev–Trinajstić information content (AvgIpc) is 2.99. The summed E-state index contributed by atoms with van der Waals surface area (Å²) in [5.74, 6) is 0. The third kappa shape index (κ3) is 15.8. The quantitative estimate of drug-likeness (QED) is 0.0849. The minimum atomic E-state index is -1.21. The van der Waals surface area contributed by atoms with E-state index in [1.54, 1.807) is 0 Å². The molecule has 0 aliphatic carbocycles. The van der Waals surface area contributed by atoms with E-state index in [9.17, 15) is 0 Å². The van der Waals surface area contributed by atoms with E-state index in [0.717, 1.165) is 16.7 Å². The molecule has 0 fully saturated rings. The maximum Gasteiger partial charge on any atom is 0.642 e. The van der Waals surface area contributed by atoms with E-state index in [1.165, 1.54) is 0 Å². The molecule has 0 heterocycles. The molecule has 0 amide bonds. The highest BCUT2D eigenvalue weighted by Gasteiger charge is 2.33. The number of ether oxygens (including phenoxy) is 3. The number of rotatable bonds is 21. The van der Waals surface area contributed by atoms with Gasteiger partial charge in [-0.15, -0.1) is 0 Å². The van der Waals surface area contributed by atoms with Crippen LogP contribution in [0.25, 0.3) is 0 Å². The highest BCUT2D eigenvalue weighted by molar-refractivity contribution is 6.40. The van der Waals surface area contributed by atoms with Crippen molar-refractivity contribution in [1.82, 2.24) is 0 Å². The monoisotopic (exact) mass is 650 g/mol. The van der Waals surface area contributed by atoms with E-state index < -0.39 is 24.0 Å². The van der Waals surface area contributed by atoms with Gasteiger partial charge in [0, 0.05) is 19.3 Å². The van der Waals surface area contributed by atoms with Crippen LogP contribution in [0.4, 0.5) is 0 Å². The Kier molecular flexibility index (Phi) is 17.0. The van der Waals surface area contributed by atoms with Gasteiger partial charge in [-0.1, -0.05) is 126 Å². The van der Waals surface area contributed by atoms with Crippen LogP contribution < -0.4 is 0 Å². The van der Waals surface area contributed by atoms with Crippen LogP contribution in [0.15, 0.2) is 91.0 Å². The topological polar surface area (TPSA) is 55.4 Å². The van der Waals surface area contributed by atoms with Gasteiger partial charge in [0.2, 0.25) is 0 Å². The van der Waals surface area contributed by atoms with Crippen molar-refractivity contribution in [2.75, 3.05) is 0 Å². The zero-order chi connectivity index (χ0) is 30.9. The Morgan fingerprint density at radius 1 is 0.465 bits per heavy atom. The predicted octanol–water partition coefficient (Wildman–Crippen LogP) is 8.70. The summed E-state index contributed by atoms with van der Waals surface area (Å²) in [7, 11) is -1.21. The van der Waals surface area contributed by atoms with Gasteiger partial charge in [0.25, 0.3) is 0 Å². The Morgan fingerprint density at radius 2 is 0.721 bits per heavy atom. The number of halogens is 3. The van der Waals surface area contributed by atoms with Crippen molar-refractivity contribution >= 4 is 42.1 Å². The number of benzene rings is 3. The fourth-order valence-corrected chi connectivity index (χ4v) is 5.05. The second-order valence-electron chi connectivity index (χ2n) is 10.5. The van der Waals surface area contributed by atoms with Crippen LogP contribution in [0.3, 0.4) is 0 Å². The summed E-state index contributed by atoms with van der Waals surface area (Å²) in [6.45, 7) is 7.21. The van der Waals surface area contributed by atoms with Gasteiger partial charge in [0.05, 0.1) is 38.1 Å². The first-order chi connectivity index (χ1) is 20.8. The van der Waals surface area contributed by atoms with Gasteiger partial charge in [-0.3, -0.25) is 0 Å². The Balaban J connectivity index is 1.50. The van der Waals surface area contributed by atoms with Crippen LogP contribution in [0, 0.1) is 0 Å². The molecule has 3 unspecified atom stereocenters. The van der Waals surface area contributed by atoms with Gasteiger partial charge in [0.1, 0.15) is 16.7 Å². The lowest BCUT2D eigenvalue weighted by molar-refractivity contribution is -0.00765. The van der Waals surface area contributed by atoms with Crippen LogP contribution in [-0.2, 0) is 48.0 Å². The molecule has 0 saturated heterocycles. The van der Waals surface area contributed by atoms with Gasteiger partial charge in [-0.25, -0.2) is 0 Å². The summed E-state index contributed by atoms with van der Waals surface area (Å²) in [6, 6.07) is 29.8. The minimum absolute atomic E-state index is 0.181. The van der Waals surface area contributed by atoms with Crippen LogP contribution >= 0.6 is 34.8 Å². The average molecular weight is 652 g/mol. The van der Waals surface area contributed by atoms with E-state index in [2.05, 4.69) is 0 Å². The standard InChI is InChI=1S/C33H42BCl3O6/c1-25(38-22-28-13-7-4-8-14-28)19-31(35)41-34(42-32(36)20-26(2)39-23-29-15-9-5-10-16-29)43-33(37)21-27(3)40-24-30-17-11-6-12-18-30/h4-18,25-27,31-33H,19-24H2,1-3H3/t25?,26?,27?,31-,32-,33-/m1/s1. The Labute approximate surface area is 272 Å². The van der Waals surface area contributed by atoms with E-state index in [0.29, 0.717) is 39.1 Å². The van der Waals surface area contributed by atoms with E-state index >= 15 is 0 Å². The van der Waals surface area contributed by atoms with Crippen molar-refractivity contribution in [3.05, 3.63) is 108 Å². The lowest BCUT2D eigenvalue weighted by Crippen LogP contribution is -2.37. The van der Waals surface area contributed by atoms with Crippen LogP contribution in [0.2, 0.25) is 0 Å². The SMILES string of the molecule is CC(C[C@H](Cl)OB(O[C@@H](Cl)CC(C)OCc1ccccc1)O[C@@H](Cl)CC(C)OCc1ccccc1)OCc1ccccc1. The van der Waals surface area contributed by atoms with Gasteiger partial charge in [-0.2, -0.15) is 0 Å². The third-order valence-corrected chi connectivity index (χ3v) is 7.30. The summed E-state index contributed by atoms with van der Waals surface area (Å²) in [6.07, 6.45) is 0.638. The Bertz CT molecular complexity index is 976. The van der Waals surface area contributed by atoms with Crippen molar-refractivity contribution in [2.45, 2.75) is 94.9 Å². The summed E-state index contributed by atoms with van der Waals surface area (Å²) in [4.78, 5) is 0. The van der Waals surface area contributed by atoms with E-state index in [1.807, 2.05) is 112 Å². The minimum Gasteiger partial charge on any atom is -0.374 e. The molecular formula is C33H42BCl3O6. The molecule has 3 rings (SSSR count). The molecule has 0 saturated carbocycles. The van der Waals surface area contributed by atoms with Gasteiger partial charge >= 0.3 is 7.32 Å². The molecule has 0 N–H and O–H groups in total. The number of alkyl halides is 3. The first-order valence-electron chi connectivity index (χ1n) is 14.6.